The zero-order valence-electron chi connectivity index (χ0n) is 33.5. The summed E-state index contributed by atoms with van der Waals surface area (Å²) in [6.07, 6.45) is 0. The molecule has 10 rings (SSSR count). The van der Waals surface area contributed by atoms with E-state index in [0.717, 1.165) is 78.6 Å². The third-order valence-electron chi connectivity index (χ3n) is 12.2. The molecule has 0 fully saturated rings. The Kier molecular flexibility index (Phi) is 8.34. The topological polar surface area (TPSA) is 54.1 Å². The van der Waals surface area contributed by atoms with E-state index in [0.29, 0.717) is 11.1 Å². The zero-order chi connectivity index (χ0) is 40.4. The highest BCUT2D eigenvalue weighted by molar-refractivity contribution is 5.98. The molecule has 1 spiro atoms. The summed E-state index contributed by atoms with van der Waals surface area (Å²) in [5, 5.41) is 20.8. The second-order valence-electron chi connectivity index (χ2n) is 16.0. The van der Waals surface area contributed by atoms with Crippen LogP contribution in [0.5, 0.6) is 0 Å². The van der Waals surface area contributed by atoms with E-state index in [1.54, 1.807) is 0 Å². The quantitative estimate of drug-likeness (QED) is 0.170. The Morgan fingerprint density at radius 2 is 0.576 bits per heavy atom. The van der Waals surface area contributed by atoms with E-state index in [4.69, 9.17) is 0 Å². The molecule has 4 heteroatoms. The highest BCUT2D eigenvalue weighted by Gasteiger charge is 2.52. The second-order valence-corrected chi connectivity index (χ2v) is 16.0. The Balaban J connectivity index is 1.29. The highest BCUT2D eigenvalue weighted by Crippen LogP contribution is 2.64. The lowest BCUT2D eigenvalue weighted by atomic mass is 9.70. The lowest BCUT2D eigenvalue weighted by molar-refractivity contribution is 0.792. The molecule has 0 amide bonds. The van der Waals surface area contributed by atoms with Crippen molar-refractivity contribution < 1.29 is 0 Å². The van der Waals surface area contributed by atoms with Crippen molar-refractivity contribution in [1.29, 1.82) is 10.5 Å². The van der Waals surface area contributed by atoms with E-state index in [1.165, 1.54) is 22.3 Å². The maximum absolute atomic E-state index is 10.4. The Morgan fingerprint density at radius 1 is 0.322 bits per heavy atom. The Labute approximate surface area is 346 Å². The number of nitrogens with zero attached hydrogens (tertiary/aromatic N) is 4. The first-order valence-corrected chi connectivity index (χ1v) is 20.0. The van der Waals surface area contributed by atoms with Gasteiger partial charge in [0.15, 0.2) is 0 Å². The van der Waals surface area contributed by atoms with Crippen LogP contribution in [0.4, 0.5) is 34.1 Å². The van der Waals surface area contributed by atoms with Gasteiger partial charge >= 0.3 is 0 Å². The van der Waals surface area contributed by atoms with E-state index in [1.807, 2.05) is 12.1 Å². The molecule has 8 aromatic carbocycles. The second kappa shape index (κ2) is 13.8. The first-order chi connectivity index (χ1) is 28.8. The molecule has 0 atom stereocenters. The third-order valence-corrected chi connectivity index (χ3v) is 12.2. The molecule has 0 saturated heterocycles. The molecule has 0 heterocycles. The average molecular weight is 757 g/mol. The summed E-state index contributed by atoms with van der Waals surface area (Å²) in [7, 11) is 0. The van der Waals surface area contributed by atoms with Gasteiger partial charge in [-0.3, -0.25) is 0 Å². The Hall–Kier alpha value is -7.66. The number of anilines is 6. The Morgan fingerprint density at radius 3 is 0.864 bits per heavy atom. The van der Waals surface area contributed by atoms with Gasteiger partial charge < -0.3 is 9.80 Å². The first-order valence-electron chi connectivity index (χ1n) is 20.0. The van der Waals surface area contributed by atoms with Crippen molar-refractivity contribution in [3.8, 4) is 34.4 Å². The summed E-state index contributed by atoms with van der Waals surface area (Å²) < 4.78 is 0. The molecule has 8 aromatic rings. The number of aryl methyl sites for hydroxylation is 4. The SMILES string of the molecule is Cc1ccc(N(c2ccc(C)cc2)c2ccc3c(c2)C2(c4cc(C#N)ccc4-c4ccc(C#N)cc42)c2cc(N(c4ccc(C)cc4)c4ccc(C)cc4)ccc2-3)cc1. The van der Waals surface area contributed by atoms with Gasteiger partial charge in [0.1, 0.15) is 0 Å². The van der Waals surface area contributed by atoms with Crippen molar-refractivity contribution in [2.45, 2.75) is 33.1 Å². The van der Waals surface area contributed by atoms with Gasteiger partial charge in [-0.25, -0.2) is 0 Å². The van der Waals surface area contributed by atoms with Crippen LogP contribution < -0.4 is 9.80 Å². The van der Waals surface area contributed by atoms with Crippen LogP contribution in [-0.2, 0) is 5.41 Å². The minimum absolute atomic E-state index is 0.598. The van der Waals surface area contributed by atoms with Gasteiger partial charge in [-0.05, 0) is 169 Å². The lowest BCUT2D eigenvalue weighted by Crippen LogP contribution is -2.27. The number of benzene rings is 8. The molecule has 0 unspecified atom stereocenters. The summed E-state index contributed by atoms with van der Waals surface area (Å²) in [5.41, 5.74) is 20.2. The molecule has 0 aliphatic heterocycles. The standard InChI is InChI=1S/C55H40N4/c1-35-5-15-41(16-6-35)58(42-17-7-36(2)8-18-42)45-23-27-49-50-28-24-46(59(43-19-9-37(3)10-20-43)44-21-11-38(4)12-22-44)32-54(50)55(53(49)31-45)51-29-39(33-56)13-25-47(51)48-26-14-40(34-57)30-52(48)55/h5-32H,1-4H3. The summed E-state index contributed by atoms with van der Waals surface area (Å²) in [6.45, 7) is 8.46. The van der Waals surface area contributed by atoms with Gasteiger partial charge in [0, 0.05) is 34.1 Å². The van der Waals surface area contributed by atoms with Crippen LogP contribution in [0.25, 0.3) is 22.3 Å². The molecular weight excluding hydrogens is 717 g/mol. The summed E-state index contributed by atoms with van der Waals surface area (Å²) >= 11 is 0. The van der Waals surface area contributed by atoms with Gasteiger partial charge in [0.05, 0.1) is 28.7 Å². The van der Waals surface area contributed by atoms with E-state index in [-0.39, 0.29) is 0 Å². The zero-order valence-corrected chi connectivity index (χ0v) is 33.5. The fraction of sp³-hybridized carbons (Fsp3) is 0.0909. The van der Waals surface area contributed by atoms with Gasteiger partial charge in [0.25, 0.3) is 0 Å². The molecule has 59 heavy (non-hydrogen) atoms. The largest absolute Gasteiger partial charge is 0.310 e. The van der Waals surface area contributed by atoms with Crippen LogP contribution in [0, 0.1) is 50.4 Å². The molecular formula is C55H40N4. The van der Waals surface area contributed by atoms with Crippen molar-refractivity contribution in [2.24, 2.45) is 0 Å². The minimum Gasteiger partial charge on any atom is -0.310 e. The van der Waals surface area contributed by atoms with Crippen LogP contribution in [-0.4, -0.2) is 0 Å². The highest BCUT2D eigenvalue weighted by atomic mass is 15.1. The summed E-state index contributed by atoms with van der Waals surface area (Å²) in [6, 6.07) is 65.5. The van der Waals surface area contributed by atoms with E-state index in [2.05, 4.69) is 207 Å². The van der Waals surface area contributed by atoms with Crippen LogP contribution in [0.1, 0.15) is 55.6 Å². The number of fused-ring (bicyclic) bond motifs is 10. The molecule has 2 aliphatic carbocycles. The molecule has 4 nitrogen and oxygen atoms in total. The number of rotatable bonds is 6. The monoisotopic (exact) mass is 756 g/mol. The van der Waals surface area contributed by atoms with Crippen LogP contribution in [0.3, 0.4) is 0 Å². The van der Waals surface area contributed by atoms with Crippen LogP contribution in [0.15, 0.2) is 170 Å². The molecule has 0 saturated carbocycles. The molecule has 0 N–H and O–H groups in total. The summed E-state index contributed by atoms with van der Waals surface area (Å²) in [5.74, 6) is 0. The molecule has 280 valence electrons. The van der Waals surface area contributed by atoms with E-state index >= 15 is 0 Å². The number of nitriles is 2. The van der Waals surface area contributed by atoms with Gasteiger partial charge in [-0.1, -0.05) is 95.1 Å². The van der Waals surface area contributed by atoms with E-state index < -0.39 is 5.41 Å². The molecule has 0 bridgehead atoms. The van der Waals surface area contributed by atoms with Crippen molar-refractivity contribution in [3.63, 3.8) is 0 Å². The molecule has 0 aromatic heterocycles. The maximum Gasteiger partial charge on any atom is 0.0991 e. The molecule has 2 aliphatic rings. The smallest absolute Gasteiger partial charge is 0.0991 e. The van der Waals surface area contributed by atoms with Crippen molar-refractivity contribution in [3.05, 3.63) is 225 Å². The van der Waals surface area contributed by atoms with Crippen LogP contribution >= 0.6 is 0 Å². The predicted octanol–water partition coefficient (Wildman–Crippen LogP) is 13.9. The first kappa shape index (κ1) is 35.7. The van der Waals surface area contributed by atoms with Crippen molar-refractivity contribution in [1.82, 2.24) is 0 Å². The normalized spacial score (nSPS) is 12.5. The Bertz CT molecular complexity index is 2730. The fourth-order valence-corrected chi connectivity index (χ4v) is 9.29. The van der Waals surface area contributed by atoms with E-state index in [9.17, 15) is 10.5 Å². The number of hydrogen-bond acceptors (Lipinski definition) is 4. The fourth-order valence-electron chi connectivity index (χ4n) is 9.29. The predicted molar refractivity (Wildman–Crippen MR) is 240 cm³/mol. The lowest BCUT2D eigenvalue weighted by Gasteiger charge is -2.33. The van der Waals surface area contributed by atoms with Crippen molar-refractivity contribution >= 4 is 34.1 Å². The minimum atomic E-state index is -0.834. The average Bonchev–Trinajstić information content (AvgIpc) is 3.72. The van der Waals surface area contributed by atoms with Crippen LogP contribution in [0.2, 0.25) is 0 Å². The van der Waals surface area contributed by atoms with Gasteiger partial charge in [-0.15, -0.1) is 0 Å². The van der Waals surface area contributed by atoms with Gasteiger partial charge in [-0.2, -0.15) is 10.5 Å². The maximum atomic E-state index is 10.4. The summed E-state index contributed by atoms with van der Waals surface area (Å²) in [4.78, 5) is 4.65. The van der Waals surface area contributed by atoms with Gasteiger partial charge in [0.2, 0.25) is 0 Å². The molecule has 0 radical (unpaired) electrons. The van der Waals surface area contributed by atoms with Crippen molar-refractivity contribution in [2.75, 3.05) is 9.80 Å². The third kappa shape index (κ3) is 5.65. The number of hydrogen-bond donors (Lipinski definition) is 0.